The molecule has 1 N–H and O–H groups in total. The highest BCUT2D eigenvalue weighted by Gasteiger charge is 2.34. The molecular weight excluding hydrogens is 506 g/mol. The van der Waals surface area contributed by atoms with Gasteiger partial charge >= 0.3 is 6.09 Å². The predicted molar refractivity (Wildman–Crippen MR) is 154 cm³/mol. The molecule has 1 saturated heterocycles. The van der Waals surface area contributed by atoms with E-state index in [-0.39, 0.29) is 18.0 Å². The minimum atomic E-state index is -0.545. The van der Waals surface area contributed by atoms with Crippen molar-refractivity contribution in [1.29, 1.82) is 0 Å². The highest BCUT2D eigenvalue weighted by Crippen LogP contribution is 2.30. The van der Waals surface area contributed by atoms with Crippen LogP contribution in [0.2, 0.25) is 0 Å². The topological polar surface area (TPSA) is 98.6 Å². The van der Waals surface area contributed by atoms with Crippen LogP contribution in [0.25, 0.3) is 22.2 Å². The predicted octanol–water partition coefficient (Wildman–Crippen LogP) is 5.65. The molecule has 2 aromatic carbocycles. The highest BCUT2D eigenvalue weighted by atomic mass is 16.6. The van der Waals surface area contributed by atoms with Crippen LogP contribution in [0.4, 0.5) is 4.79 Å². The molecule has 4 aromatic rings. The molecule has 40 heavy (non-hydrogen) atoms. The van der Waals surface area contributed by atoms with Gasteiger partial charge in [-0.05, 0) is 70.0 Å². The Labute approximate surface area is 234 Å². The van der Waals surface area contributed by atoms with Crippen LogP contribution in [-0.4, -0.2) is 56.4 Å². The number of nitrogens with zero attached hydrogens (tertiary/aromatic N) is 4. The number of pyridine rings is 1. The van der Waals surface area contributed by atoms with Gasteiger partial charge in [0.2, 0.25) is 0 Å². The van der Waals surface area contributed by atoms with Gasteiger partial charge in [-0.3, -0.25) is 14.5 Å². The van der Waals surface area contributed by atoms with Crippen LogP contribution in [0, 0.1) is 6.92 Å². The van der Waals surface area contributed by atoms with Crippen molar-refractivity contribution in [3.05, 3.63) is 71.5 Å². The molecule has 1 aliphatic rings. The second kappa shape index (κ2) is 10.6. The second-order valence-electron chi connectivity index (χ2n) is 11.1. The van der Waals surface area contributed by atoms with Gasteiger partial charge in [0, 0.05) is 55.0 Å². The van der Waals surface area contributed by atoms with E-state index in [1.807, 2.05) is 94.9 Å². The number of hydrogen-bond acceptors (Lipinski definition) is 6. The Morgan fingerprint density at radius 2 is 1.80 bits per heavy atom. The molecule has 3 heterocycles. The Bertz CT molecular complexity index is 1580. The SMILES string of the molecule is CCc1cc(-c2cc(Oc3ccc4c(C)nn(C)c4c3)ccn2)ccc1C(=O)NC1CN(C(=O)OC(C)(C)C)C1. The van der Waals surface area contributed by atoms with Gasteiger partial charge in [0.25, 0.3) is 5.91 Å². The van der Waals surface area contributed by atoms with Crippen molar-refractivity contribution in [3.8, 4) is 22.8 Å². The van der Waals surface area contributed by atoms with Crippen LogP contribution >= 0.6 is 0 Å². The first kappa shape index (κ1) is 27.2. The van der Waals surface area contributed by atoms with Crippen LogP contribution in [0.5, 0.6) is 11.5 Å². The van der Waals surface area contributed by atoms with Crippen molar-refractivity contribution in [3.63, 3.8) is 0 Å². The van der Waals surface area contributed by atoms with Crippen LogP contribution in [0.15, 0.2) is 54.7 Å². The number of rotatable bonds is 6. The number of amides is 2. The minimum absolute atomic E-state index is 0.102. The van der Waals surface area contributed by atoms with Gasteiger partial charge in [-0.15, -0.1) is 0 Å². The Morgan fingerprint density at radius 3 is 2.52 bits per heavy atom. The molecular formula is C31H35N5O4. The maximum absolute atomic E-state index is 13.1. The lowest BCUT2D eigenvalue weighted by molar-refractivity contribution is 0.00532. The zero-order chi connectivity index (χ0) is 28.6. The zero-order valence-corrected chi connectivity index (χ0v) is 23.8. The lowest BCUT2D eigenvalue weighted by Gasteiger charge is -2.40. The second-order valence-corrected chi connectivity index (χ2v) is 11.1. The molecule has 208 valence electrons. The maximum Gasteiger partial charge on any atom is 0.410 e. The van der Waals surface area contributed by atoms with Gasteiger partial charge in [-0.1, -0.05) is 13.0 Å². The van der Waals surface area contributed by atoms with E-state index in [0.717, 1.165) is 39.2 Å². The van der Waals surface area contributed by atoms with Crippen molar-refractivity contribution in [1.82, 2.24) is 25.0 Å². The molecule has 0 aliphatic carbocycles. The normalized spacial score (nSPS) is 13.7. The fourth-order valence-electron chi connectivity index (χ4n) is 4.83. The van der Waals surface area contributed by atoms with Gasteiger partial charge in [-0.2, -0.15) is 5.10 Å². The molecule has 9 nitrogen and oxygen atoms in total. The molecule has 2 aromatic heterocycles. The Kier molecular flexibility index (Phi) is 7.23. The monoisotopic (exact) mass is 541 g/mol. The summed E-state index contributed by atoms with van der Waals surface area (Å²) in [6.07, 6.45) is 2.05. The zero-order valence-electron chi connectivity index (χ0n) is 23.8. The van der Waals surface area contributed by atoms with E-state index in [9.17, 15) is 9.59 Å². The number of likely N-dealkylation sites (tertiary alicyclic amines) is 1. The summed E-state index contributed by atoms with van der Waals surface area (Å²) < 4.78 is 13.4. The molecule has 0 spiro atoms. The third-order valence-electron chi connectivity index (χ3n) is 6.87. The van der Waals surface area contributed by atoms with Gasteiger partial charge in [0.1, 0.15) is 17.1 Å². The molecule has 0 bridgehead atoms. The third kappa shape index (κ3) is 5.78. The summed E-state index contributed by atoms with van der Waals surface area (Å²) in [5.41, 5.74) is 4.63. The standard InChI is InChI=1S/C31H35N5O4/c1-7-20-14-21(8-10-26(20)29(37)33-22-17-36(18-22)30(38)40-31(3,4)5)27-15-24(12-13-32-27)39-23-9-11-25-19(2)34-35(6)28(25)16-23/h8-16,22H,7,17-18H2,1-6H3,(H,33,37). The Balaban J connectivity index is 1.26. The number of carbonyl (C=O) groups excluding carboxylic acids is 2. The average Bonchev–Trinajstić information content (AvgIpc) is 3.16. The minimum Gasteiger partial charge on any atom is -0.457 e. The average molecular weight is 542 g/mol. The van der Waals surface area contributed by atoms with Crippen LogP contribution in [0.3, 0.4) is 0 Å². The van der Waals surface area contributed by atoms with Crippen LogP contribution in [0.1, 0.15) is 49.3 Å². The molecule has 2 amide bonds. The van der Waals surface area contributed by atoms with Crippen LogP contribution < -0.4 is 10.1 Å². The van der Waals surface area contributed by atoms with Crippen molar-refractivity contribution in [2.24, 2.45) is 7.05 Å². The molecule has 0 radical (unpaired) electrons. The summed E-state index contributed by atoms with van der Waals surface area (Å²) >= 11 is 0. The van der Waals surface area contributed by atoms with Crippen molar-refractivity contribution in [2.45, 2.75) is 52.7 Å². The summed E-state index contributed by atoms with van der Waals surface area (Å²) in [6.45, 7) is 10.4. The van der Waals surface area contributed by atoms with Crippen LogP contribution in [-0.2, 0) is 18.2 Å². The van der Waals surface area contributed by atoms with E-state index >= 15 is 0 Å². The lowest BCUT2D eigenvalue weighted by atomic mass is 9.98. The fraction of sp³-hybridized carbons (Fsp3) is 0.355. The first-order chi connectivity index (χ1) is 19.0. The van der Waals surface area contributed by atoms with Gasteiger partial charge in [0.05, 0.1) is 22.9 Å². The van der Waals surface area contributed by atoms with Gasteiger partial charge in [0.15, 0.2) is 0 Å². The number of hydrogen-bond donors (Lipinski definition) is 1. The van der Waals surface area contributed by atoms with Crippen molar-refractivity contribution in [2.75, 3.05) is 13.1 Å². The number of ether oxygens (including phenoxy) is 2. The van der Waals surface area contributed by atoms with E-state index in [1.54, 1.807) is 11.1 Å². The number of carbonyl (C=O) groups is 2. The Morgan fingerprint density at radius 1 is 1.05 bits per heavy atom. The van der Waals surface area contributed by atoms with Crippen molar-refractivity contribution >= 4 is 22.9 Å². The largest absolute Gasteiger partial charge is 0.457 e. The summed E-state index contributed by atoms with van der Waals surface area (Å²) in [6, 6.07) is 15.3. The summed E-state index contributed by atoms with van der Waals surface area (Å²) in [5.74, 6) is 1.24. The summed E-state index contributed by atoms with van der Waals surface area (Å²) in [4.78, 5) is 31.4. The molecule has 0 unspecified atom stereocenters. The highest BCUT2D eigenvalue weighted by molar-refractivity contribution is 5.96. The molecule has 0 saturated carbocycles. The molecule has 0 atom stereocenters. The first-order valence-corrected chi connectivity index (χ1v) is 13.5. The van der Waals surface area contributed by atoms with E-state index in [1.165, 1.54) is 0 Å². The number of fused-ring (bicyclic) bond motifs is 1. The maximum atomic E-state index is 13.1. The number of aromatic nitrogens is 3. The molecule has 5 rings (SSSR count). The fourth-order valence-corrected chi connectivity index (χ4v) is 4.83. The van der Waals surface area contributed by atoms with Gasteiger partial charge in [-0.25, -0.2) is 4.79 Å². The first-order valence-electron chi connectivity index (χ1n) is 13.5. The Hall–Kier alpha value is -4.40. The van der Waals surface area contributed by atoms with E-state index in [4.69, 9.17) is 9.47 Å². The third-order valence-corrected chi connectivity index (χ3v) is 6.87. The number of nitrogens with one attached hydrogen (secondary N) is 1. The van der Waals surface area contributed by atoms with Crippen molar-refractivity contribution < 1.29 is 19.1 Å². The molecule has 1 aliphatic heterocycles. The molecule has 9 heteroatoms. The van der Waals surface area contributed by atoms with E-state index < -0.39 is 5.60 Å². The van der Waals surface area contributed by atoms with Gasteiger partial charge < -0.3 is 19.7 Å². The van der Waals surface area contributed by atoms with E-state index in [0.29, 0.717) is 30.8 Å². The number of benzene rings is 2. The summed E-state index contributed by atoms with van der Waals surface area (Å²) in [5, 5.41) is 8.61. The molecule has 1 fully saturated rings. The lowest BCUT2D eigenvalue weighted by Crippen LogP contribution is -2.61. The summed E-state index contributed by atoms with van der Waals surface area (Å²) in [7, 11) is 1.92. The van der Waals surface area contributed by atoms with E-state index in [2.05, 4.69) is 15.4 Å². The quantitative estimate of drug-likeness (QED) is 0.339. The smallest absolute Gasteiger partial charge is 0.410 e. The number of aryl methyl sites for hydroxylation is 3.